The molecule has 0 amide bonds. The fourth-order valence-corrected chi connectivity index (χ4v) is 5.22. The highest BCUT2D eigenvalue weighted by Crippen LogP contribution is 2.49. The number of ether oxygens (including phenoxy) is 1. The predicted molar refractivity (Wildman–Crippen MR) is 124 cm³/mol. The molecule has 0 bridgehead atoms. The van der Waals surface area contributed by atoms with Gasteiger partial charge >= 0.3 is 16.5 Å². The number of nitrogens with zero attached hydrogens (tertiary/aromatic N) is 2. The molecular formula is C24H26F4N2O4S. The van der Waals surface area contributed by atoms with E-state index in [9.17, 15) is 17.4 Å². The van der Waals surface area contributed by atoms with Crippen molar-refractivity contribution < 1.29 is 35.3 Å². The number of halogens is 4. The smallest absolute Gasteiger partial charge is 0.408 e. The molecule has 1 aromatic heterocycles. The van der Waals surface area contributed by atoms with Gasteiger partial charge in [-0.1, -0.05) is 32.0 Å². The molecule has 0 radical (unpaired) electrons. The first-order valence-corrected chi connectivity index (χ1v) is 12.0. The van der Waals surface area contributed by atoms with Crippen molar-refractivity contribution >= 4 is 21.2 Å². The van der Waals surface area contributed by atoms with Gasteiger partial charge in [-0.15, -0.1) is 0 Å². The summed E-state index contributed by atoms with van der Waals surface area (Å²) in [5, 5.41) is 0.411. The molecule has 35 heavy (non-hydrogen) atoms. The molecular weight excluding hydrogens is 488 g/mol. The molecule has 0 aliphatic rings. The third-order valence-electron chi connectivity index (χ3n) is 6.32. The van der Waals surface area contributed by atoms with Crippen molar-refractivity contribution in [3.8, 4) is 5.75 Å². The van der Waals surface area contributed by atoms with Crippen LogP contribution in [0.2, 0.25) is 0 Å². The number of hydrogen-bond acceptors (Lipinski definition) is 4. The van der Waals surface area contributed by atoms with Crippen molar-refractivity contribution in [2.45, 2.75) is 43.8 Å². The highest BCUT2D eigenvalue weighted by atomic mass is 32.2. The van der Waals surface area contributed by atoms with E-state index in [1.165, 1.54) is 39.3 Å². The summed E-state index contributed by atoms with van der Waals surface area (Å²) in [5.41, 5.74) is -3.82. The molecule has 0 fully saturated rings. The van der Waals surface area contributed by atoms with Gasteiger partial charge < -0.3 is 4.74 Å². The van der Waals surface area contributed by atoms with Gasteiger partial charge in [0, 0.05) is 30.6 Å². The van der Waals surface area contributed by atoms with Gasteiger partial charge in [0.1, 0.15) is 17.1 Å². The van der Waals surface area contributed by atoms with E-state index in [-0.39, 0.29) is 21.2 Å². The van der Waals surface area contributed by atoms with Crippen molar-refractivity contribution in [1.29, 1.82) is 0 Å². The second-order valence-electron chi connectivity index (χ2n) is 9.04. The van der Waals surface area contributed by atoms with E-state index in [0.29, 0.717) is 18.0 Å². The summed E-state index contributed by atoms with van der Waals surface area (Å²) in [6.45, 7) is 2.88. The molecule has 1 N–H and O–H groups in total. The zero-order chi connectivity index (χ0) is 26.2. The van der Waals surface area contributed by atoms with Crippen LogP contribution in [0, 0.1) is 5.82 Å². The number of methoxy groups -OCH3 is 1. The summed E-state index contributed by atoms with van der Waals surface area (Å²) in [6, 6.07) is 11.4. The number of aromatic nitrogens is 1. The zero-order valence-corrected chi connectivity index (χ0v) is 20.4. The molecule has 1 unspecified atom stereocenters. The number of likely N-dealkylation sites (N-methyl/N-ethyl adjacent to an activating group) is 1. The largest absolute Gasteiger partial charge is 0.496 e. The Balaban J connectivity index is 2.28. The Morgan fingerprint density at radius 1 is 1.09 bits per heavy atom. The molecule has 3 rings (SSSR count). The van der Waals surface area contributed by atoms with Crippen LogP contribution in [0.25, 0.3) is 10.9 Å². The van der Waals surface area contributed by atoms with Gasteiger partial charge in [0.2, 0.25) is 0 Å². The minimum Gasteiger partial charge on any atom is -0.496 e. The highest BCUT2D eigenvalue weighted by Gasteiger charge is 2.62. The van der Waals surface area contributed by atoms with Crippen molar-refractivity contribution in [2.75, 3.05) is 14.2 Å². The van der Waals surface area contributed by atoms with Gasteiger partial charge in [-0.05, 0) is 47.7 Å². The Kier molecular flexibility index (Phi) is 7.18. The molecule has 1 atom stereocenters. The zero-order valence-electron chi connectivity index (χ0n) is 19.6. The summed E-state index contributed by atoms with van der Waals surface area (Å²) >= 11 is 0. The average Bonchev–Trinajstić information content (AvgIpc) is 2.76. The topological polar surface area (TPSA) is 79.7 Å². The van der Waals surface area contributed by atoms with Crippen molar-refractivity contribution in [2.24, 2.45) is 0 Å². The minimum absolute atomic E-state index is 0.0529. The Labute approximate surface area is 201 Å². The van der Waals surface area contributed by atoms with Crippen LogP contribution in [0.1, 0.15) is 31.4 Å². The SMILES string of the molecule is COc1ccc(F)cc1C(C)(C)CC(Cc1ccnc2ccccc12)(N(C)S(=O)(=O)O)C(F)(F)F. The summed E-state index contributed by atoms with van der Waals surface area (Å²) in [7, 11) is -3.31. The quantitative estimate of drug-likeness (QED) is 0.325. The van der Waals surface area contributed by atoms with Gasteiger partial charge in [0.25, 0.3) is 0 Å². The number of alkyl halides is 3. The van der Waals surface area contributed by atoms with Crippen LogP contribution in [0.15, 0.2) is 54.7 Å². The third-order valence-corrected chi connectivity index (χ3v) is 7.37. The maximum absolute atomic E-state index is 15.0. The molecule has 0 aliphatic heterocycles. The van der Waals surface area contributed by atoms with E-state index >= 15 is 13.2 Å². The lowest BCUT2D eigenvalue weighted by Gasteiger charge is -2.45. The molecule has 2 aromatic carbocycles. The Morgan fingerprint density at radius 3 is 2.34 bits per heavy atom. The molecule has 0 spiro atoms. The lowest BCUT2D eigenvalue weighted by atomic mass is 9.71. The Bertz CT molecular complexity index is 1320. The highest BCUT2D eigenvalue weighted by molar-refractivity contribution is 7.83. The summed E-state index contributed by atoms with van der Waals surface area (Å²) < 4.78 is 98.5. The van der Waals surface area contributed by atoms with Gasteiger partial charge in [-0.25, -0.2) is 4.39 Å². The third kappa shape index (κ3) is 5.26. The maximum Gasteiger partial charge on any atom is 0.408 e. The number of rotatable bonds is 8. The van der Waals surface area contributed by atoms with Crippen LogP contribution in [-0.2, 0) is 22.1 Å². The predicted octanol–water partition coefficient (Wildman–Crippen LogP) is 5.33. The molecule has 0 saturated heterocycles. The van der Waals surface area contributed by atoms with Gasteiger partial charge in [0.15, 0.2) is 0 Å². The van der Waals surface area contributed by atoms with Crippen LogP contribution >= 0.6 is 0 Å². The van der Waals surface area contributed by atoms with Crippen LogP contribution in [0.4, 0.5) is 17.6 Å². The van der Waals surface area contributed by atoms with Gasteiger partial charge in [-0.3, -0.25) is 9.54 Å². The first-order valence-electron chi connectivity index (χ1n) is 10.6. The lowest BCUT2D eigenvalue weighted by molar-refractivity contribution is -0.221. The second kappa shape index (κ2) is 9.36. The first-order chi connectivity index (χ1) is 16.1. The van der Waals surface area contributed by atoms with E-state index < -0.39 is 46.1 Å². The van der Waals surface area contributed by atoms with Crippen LogP contribution < -0.4 is 4.74 Å². The van der Waals surface area contributed by atoms with Crippen molar-refractivity contribution in [3.05, 3.63) is 71.7 Å². The fourth-order valence-electron chi connectivity index (χ4n) is 4.54. The van der Waals surface area contributed by atoms with E-state index in [1.54, 1.807) is 24.3 Å². The minimum atomic E-state index is -5.30. The average molecular weight is 515 g/mol. The molecule has 0 aliphatic carbocycles. The second-order valence-corrected chi connectivity index (χ2v) is 10.5. The van der Waals surface area contributed by atoms with E-state index in [2.05, 4.69) is 4.98 Å². The first kappa shape index (κ1) is 26.8. The fraction of sp³-hybridized carbons (Fsp3) is 0.375. The number of benzene rings is 2. The van der Waals surface area contributed by atoms with Crippen LogP contribution in [0.5, 0.6) is 5.75 Å². The van der Waals surface area contributed by atoms with Gasteiger partial charge in [0.05, 0.1) is 12.6 Å². The summed E-state index contributed by atoms with van der Waals surface area (Å²) in [5.74, 6) is -0.536. The standard InChI is InChI=1S/C24H26F4N2O4S/c1-22(2,19-13-17(25)9-10-21(19)34-4)15-23(24(26,27)28,30(3)35(31,32)33)14-16-11-12-29-20-8-6-5-7-18(16)20/h5-13H,14-15H2,1-4H3,(H,31,32,33). The van der Waals surface area contributed by atoms with E-state index in [1.807, 2.05) is 0 Å². The van der Waals surface area contributed by atoms with Crippen LogP contribution in [0.3, 0.4) is 0 Å². The lowest BCUT2D eigenvalue weighted by Crippen LogP contribution is -2.62. The molecule has 11 heteroatoms. The Morgan fingerprint density at radius 2 is 1.74 bits per heavy atom. The number of pyridine rings is 1. The van der Waals surface area contributed by atoms with Crippen molar-refractivity contribution in [3.63, 3.8) is 0 Å². The summed E-state index contributed by atoms with van der Waals surface area (Å²) in [6.07, 6.45) is -5.47. The molecule has 190 valence electrons. The van der Waals surface area contributed by atoms with E-state index in [0.717, 1.165) is 12.1 Å². The molecule has 3 aromatic rings. The van der Waals surface area contributed by atoms with Gasteiger partial charge in [-0.2, -0.15) is 25.9 Å². The molecule has 1 heterocycles. The number of hydrogen-bond donors (Lipinski definition) is 1. The summed E-state index contributed by atoms with van der Waals surface area (Å²) in [4.78, 5) is 4.16. The maximum atomic E-state index is 15.0. The number of para-hydroxylation sites is 1. The normalized spacial score (nSPS) is 14.8. The monoisotopic (exact) mass is 514 g/mol. The molecule has 6 nitrogen and oxygen atoms in total. The Hall–Kier alpha value is -2.76. The van der Waals surface area contributed by atoms with Crippen LogP contribution in [-0.4, -0.2) is 48.1 Å². The van der Waals surface area contributed by atoms with Crippen molar-refractivity contribution in [1.82, 2.24) is 9.29 Å². The number of fused-ring (bicyclic) bond motifs is 1. The van der Waals surface area contributed by atoms with E-state index in [4.69, 9.17) is 4.74 Å². The molecule has 0 saturated carbocycles.